The fourth-order valence-electron chi connectivity index (χ4n) is 3.20. The maximum atomic E-state index is 12.3. The number of carbonyl (C=O) groups excluding carboxylic acids is 1. The van der Waals surface area contributed by atoms with Crippen LogP contribution in [0.15, 0.2) is 57.7 Å². The van der Waals surface area contributed by atoms with Gasteiger partial charge >= 0.3 is 5.97 Å². The molecule has 0 aliphatic carbocycles. The highest BCUT2D eigenvalue weighted by molar-refractivity contribution is 6.13. The Labute approximate surface area is 185 Å². The first-order valence-electron chi connectivity index (χ1n) is 9.88. The van der Waals surface area contributed by atoms with Gasteiger partial charge in [-0.05, 0) is 55.8 Å². The molecule has 4 rings (SSSR count). The van der Waals surface area contributed by atoms with Crippen LogP contribution in [0.5, 0.6) is 17.2 Å². The standard InChI is InChI=1S/C24H22N2O6/c1-14-19(15(2)32-26-14)13-30-21-9-8-16(11-22(21)29-4)10-20-24(27)31-23(25-20)17-6-5-7-18(12-17)28-3/h5-12H,13H2,1-4H3/b20-10-. The molecule has 0 radical (unpaired) electrons. The molecule has 1 aliphatic heterocycles. The van der Waals surface area contributed by atoms with Crippen LogP contribution in [-0.4, -0.2) is 31.2 Å². The number of methoxy groups -OCH3 is 2. The number of aromatic nitrogens is 1. The van der Waals surface area contributed by atoms with Gasteiger partial charge in [0.2, 0.25) is 5.90 Å². The first-order valence-corrected chi connectivity index (χ1v) is 9.88. The molecule has 0 atom stereocenters. The number of nitrogens with zero attached hydrogens (tertiary/aromatic N) is 2. The smallest absolute Gasteiger partial charge is 0.363 e. The Kier molecular flexibility index (Phi) is 5.93. The Morgan fingerprint density at radius 3 is 2.59 bits per heavy atom. The van der Waals surface area contributed by atoms with Crippen molar-refractivity contribution in [2.75, 3.05) is 14.2 Å². The summed E-state index contributed by atoms with van der Waals surface area (Å²) in [6.45, 7) is 4.01. The van der Waals surface area contributed by atoms with Gasteiger partial charge in [0.25, 0.3) is 0 Å². The summed E-state index contributed by atoms with van der Waals surface area (Å²) in [6.07, 6.45) is 1.64. The van der Waals surface area contributed by atoms with Crippen LogP contribution in [0.25, 0.3) is 6.08 Å². The molecule has 2 aromatic carbocycles. The minimum absolute atomic E-state index is 0.189. The minimum atomic E-state index is -0.527. The van der Waals surface area contributed by atoms with Crippen molar-refractivity contribution in [2.45, 2.75) is 20.5 Å². The van der Waals surface area contributed by atoms with E-state index in [0.29, 0.717) is 40.7 Å². The summed E-state index contributed by atoms with van der Waals surface area (Å²) in [4.78, 5) is 16.7. The largest absolute Gasteiger partial charge is 0.497 e. The maximum absolute atomic E-state index is 12.3. The van der Waals surface area contributed by atoms with E-state index in [-0.39, 0.29) is 11.6 Å². The van der Waals surface area contributed by atoms with Crippen LogP contribution >= 0.6 is 0 Å². The summed E-state index contributed by atoms with van der Waals surface area (Å²) in [6, 6.07) is 12.5. The molecule has 1 aromatic heterocycles. The molecule has 0 fully saturated rings. The lowest BCUT2D eigenvalue weighted by atomic mass is 10.1. The molecule has 0 spiro atoms. The lowest BCUT2D eigenvalue weighted by Crippen LogP contribution is -2.05. The monoisotopic (exact) mass is 434 g/mol. The highest BCUT2D eigenvalue weighted by Crippen LogP contribution is 2.31. The van der Waals surface area contributed by atoms with Gasteiger partial charge in [-0.3, -0.25) is 0 Å². The van der Waals surface area contributed by atoms with Gasteiger partial charge in [-0.1, -0.05) is 17.3 Å². The molecule has 0 saturated heterocycles. The van der Waals surface area contributed by atoms with Gasteiger partial charge in [-0.2, -0.15) is 0 Å². The Morgan fingerprint density at radius 1 is 1.03 bits per heavy atom. The van der Waals surface area contributed by atoms with Gasteiger partial charge in [-0.15, -0.1) is 0 Å². The van der Waals surface area contributed by atoms with Crippen molar-refractivity contribution in [2.24, 2.45) is 4.99 Å². The molecule has 2 heterocycles. The lowest BCUT2D eigenvalue weighted by Gasteiger charge is -2.11. The average Bonchev–Trinajstić information content (AvgIpc) is 3.34. The van der Waals surface area contributed by atoms with Gasteiger partial charge < -0.3 is 23.5 Å². The highest BCUT2D eigenvalue weighted by Gasteiger charge is 2.24. The minimum Gasteiger partial charge on any atom is -0.497 e. The topological polar surface area (TPSA) is 92.4 Å². The molecular weight excluding hydrogens is 412 g/mol. The molecule has 1 aliphatic rings. The second-order valence-corrected chi connectivity index (χ2v) is 7.07. The number of benzene rings is 2. The molecule has 0 N–H and O–H groups in total. The Balaban J connectivity index is 1.55. The molecular formula is C24H22N2O6. The molecule has 8 heteroatoms. The quantitative estimate of drug-likeness (QED) is 0.406. The van der Waals surface area contributed by atoms with Crippen LogP contribution in [0.2, 0.25) is 0 Å². The van der Waals surface area contributed by atoms with E-state index in [1.807, 2.05) is 19.9 Å². The number of esters is 1. The Hall–Kier alpha value is -4.07. The molecule has 164 valence electrons. The number of ether oxygens (including phenoxy) is 4. The van der Waals surface area contributed by atoms with Gasteiger partial charge in [0.05, 0.1) is 25.5 Å². The molecule has 8 nitrogen and oxygen atoms in total. The van der Waals surface area contributed by atoms with Gasteiger partial charge in [0.15, 0.2) is 17.2 Å². The molecule has 0 saturated carbocycles. The van der Waals surface area contributed by atoms with Crippen molar-refractivity contribution < 1.29 is 28.3 Å². The third-order valence-corrected chi connectivity index (χ3v) is 4.98. The van der Waals surface area contributed by atoms with Gasteiger partial charge in [-0.25, -0.2) is 9.79 Å². The fourth-order valence-corrected chi connectivity index (χ4v) is 3.20. The zero-order valence-electron chi connectivity index (χ0n) is 18.2. The summed E-state index contributed by atoms with van der Waals surface area (Å²) < 4.78 is 27.1. The van der Waals surface area contributed by atoms with E-state index in [9.17, 15) is 4.79 Å². The van der Waals surface area contributed by atoms with E-state index in [1.165, 1.54) is 0 Å². The van der Waals surface area contributed by atoms with E-state index in [0.717, 1.165) is 11.3 Å². The lowest BCUT2D eigenvalue weighted by molar-refractivity contribution is -0.129. The zero-order valence-corrected chi connectivity index (χ0v) is 18.2. The van der Waals surface area contributed by atoms with Gasteiger partial charge in [0.1, 0.15) is 18.1 Å². The number of rotatable bonds is 7. The summed E-state index contributed by atoms with van der Waals surface area (Å²) in [5, 5.41) is 3.93. The number of hydrogen-bond donors (Lipinski definition) is 0. The molecule has 32 heavy (non-hydrogen) atoms. The molecule has 0 amide bonds. The molecule has 0 unspecified atom stereocenters. The number of hydrogen-bond acceptors (Lipinski definition) is 8. The Morgan fingerprint density at radius 2 is 1.88 bits per heavy atom. The second kappa shape index (κ2) is 8.97. The average molecular weight is 434 g/mol. The second-order valence-electron chi connectivity index (χ2n) is 7.07. The summed E-state index contributed by atoms with van der Waals surface area (Å²) in [5.74, 6) is 2.15. The Bertz CT molecular complexity index is 1210. The zero-order chi connectivity index (χ0) is 22.7. The van der Waals surface area contributed by atoms with Crippen molar-refractivity contribution in [3.8, 4) is 17.2 Å². The van der Waals surface area contributed by atoms with E-state index in [2.05, 4.69) is 10.1 Å². The summed E-state index contributed by atoms with van der Waals surface area (Å²) >= 11 is 0. The van der Waals surface area contributed by atoms with Crippen LogP contribution in [0, 0.1) is 13.8 Å². The van der Waals surface area contributed by atoms with E-state index >= 15 is 0 Å². The number of aryl methyl sites for hydroxylation is 2. The SMILES string of the molecule is COc1cccc(C2=N/C(=C\c3ccc(OCc4c(C)noc4C)c(OC)c3)C(=O)O2)c1. The van der Waals surface area contributed by atoms with Gasteiger partial charge in [0, 0.05) is 5.56 Å². The van der Waals surface area contributed by atoms with E-state index in [4.69, 9.17) is 23.5 Å². The number of cyclic esters (lactones) is 1. The predicted molar refractivity (Wildman–Crippen MR) is 117 cm³/mol. The first-order chi connectivity index (χ1) is 15.5. The van der Waals surface area contributed by atoms with Crippen LogP contribution in [-0.2, 0) is 16.1 Å². The van der Waals surface area contributed by atoms with Crippen molar-refractivity contribution >= 4 is 17.9 Å². The van der Waals surface area contributed by atoms with Crippen LogP contribution in [0.4, 0.5) is 0 Å². The summed E-state index contributed by atoms with van der Waals surface area (Å²) in [5.41, 5.74) is 3.24. The number of carbonyl (C=O) groups is 1. The van der Waals surface area contributed by atoms with Crippen molar-refractivity contribution in [1.82, 2.24) is 5.16 Å². The molecule has 3 aromatic rings. The predicted octanol–water partition coefficient (Wildman–Crippen LogP) is 4.23. The van der Waals surface area contributed by atoms with Crippen LogP contribution < -0.4 is 14.2 Å². The van der Waals surface area contributed by atoms with E-state index < -0.39 is 5.97 Å². The first kappa shape index (κ1) is 21.2. The normalized spacial score (nSPS) is 14.3. The fraction of sp³-hybridized carbons (Fsp3) is 0.208. The van der Waals surface area contributed by atoms with Crippen molar-refractivity contribution in [3.05, 3.63) is 76.3 Å². The highest BCUT2D eigenvalue weighted by atomic mass is 16.6. The third kappa shape index (κ3) is 4.34. The van der Waals surface area contributed by atoms with E-state index in [1.54, 1.807) is 56.7 Å². The summed E-state index contributed by atoms with van der Waals surface area (Å²) in [7, 11) is 3.12. The van der Waals surface area contributed by atoms with Crippen molar-refractivity contribution in [1.29, 1.82) is 0 Å². The van der Waals surface area contributed by atoms with Crippen LogP contribution in [0.3, 0.4) is 0 Å². The van der Waals surface area contributed by atoms with Crippen molar-refractivity contribution in [3.63, 3.8) is 0 Å². The maximum Gasteiger partial charge on any atom is 0.363 e. The number of aliphatic imine (C=N–C) groups is 1. The van der Waals surface area contributed by atoms with Crippen LogP contribution in [0.1, 0.15) is 28.1 Å². The molecule has 0 bridgehead atoms. The third-order valence-electron chi connectivity index (χ3n) is 4.98.